The highest BCUT2D eigenvalue weighted by atomic mass is 15.3. The van der Waals surface area contributed by atoms with E-state index in [-0.39, 0.29) is 0 Å². The molecule has 1 aliphatic rings. The summed E-state index contributed by atoms with van der Waals surface area (Å²) in [4.78, 5) is 14.0. The molecule has 4 rings (SSSR count). The molecule has 0 spiro atoms. The van der Waals surface area contributed by atoms with Gasteiger partial charge in [-0.05, 0) is 48.7 Å². The van der Waals surface area contributed by atoms with Crippen molar-refractivity contribution >= 4 is 23.1 Å². The third kappa shape index (κ3) is 4.09. The SMILES string of the molecule is CCc1ccccc1Nc1nccc(N2CCN(c3cccc(C)c3)CC2)n1. The monoisotopic (exact) mass is 373 g/mol. The minimum Gasteiger partial charge on any atom is -0.368 e. The molecule has 144 valence electrons. The van der Waals surface area contributed by atoms with Gasteiger partial charge in [-0.15, -0.1) is 0 Å². The van der Waals surface area contributed by atoms with Crippen LogP contribution in [0.4, 0.5) is 23.1 Å². The molecule has 3 aromatic rings. The maximum absolute atomic E-state index is 4.76. The maximum Gasteiger partial charge on any atom is 0.229 e. The second-order valence-electron chi connectivity index (χ2n) is 7.19. The van der Waals surface area contributed by atoms with E-state index in [4.69, 9.17) is 4.98 Å². The molecule has 1 fully saturated rings. The summed E-state index contributed by atoms with van der Waals surface area (Å²) in [6.45, 7) is 8.20. The molecule has 0 unspecified atom stereocenters. The molecule has 0 atom stereocenters. The summed E-state index contributed by atoms with van der Waals surface area (Å²) in [5.74, 6) is 1.63. The second kappa shape index (κ2) is 8.30. The molecule has 0 radical (unpaired) electrons. The molecule has 2 aromatic carbocycles. The van der Waals surface area contributed by atoms with E-state index in [2.05, 4.69) is 76.4 Å². The van der Waals surface area contributed by atoms with E-state index in [1.807, 2.05) is 18.3 Å². The Balaban J connectivity index is 1.44. The first kappa shape index (κ1) is 18.3. The number of para-hydroxylation sites is 1. The van der Waals surface area contributed by atoms with Crippen LogP contribution in [0.1, 0.15) is 18.1 Å². The van der Waals surface area contributed by atoms with Crippen molar-refractivity contribution in [3.8, 4) is 0 Å². The van der Waals surface area contributed by atoms with Crippen LogP contribution in [0.25, 0.3) is 0 Å². The largest absolute Gasteiger partial charge is 0.368 e. The highest BCUT2D eigenvalue weighted by Crippen LogP contribution is 2.23. The predicted molar refractivity (Wildman–Crippen MR) is 117 cm³/mol. The number of rotatable bonds is 5. The molecule has 5 nitrogen and oxygen atoms in total. The number of hydrogen-bond acceptors (Lipinski definition) is 5. The summed E-state index contributed by atoms with van der Waals surface area (Å²) in [6, 6.07) is 19.0. The lowest BCUT2D eigenvalue weighted by molar-refractivity contribution is 0.647. The van der Waals surface area contributed by atoms with Crippen molar-refractivity contribution in [1.29, 1.82) is 0 Å². The number of nitrogens with one attached hydrogen (secondary N) is 1. The minimum absolute atomic E-state index is 0.652. The van der Waals surface area contributed by atoms with Gasteiger partial charge in [0.05, 0.1) is 0 Å². The van der Waals surface area contributed by atoms with Gasteiger partial charge in [-0.25, -0.2) is 4.98 Å². The molecule has 0 aliphatic carbocycles. The van der Waals surface area contributed by atoms with Gasteiger partial charge in [0.2, 0.25) is 5.95 Å². The van der Waals surface area contributed by atoms with Crippen molar-refractivity contribution in [1.82, 2.24) is 9.97 Å². The van der Waals surface area contributed by atoms with Crippen molar-refractivity contribution < 1.29 is 0 Å². The lowest BCUT2D eigenvalue weighted by Gasteiger charge is -2.36. The van der Waals surface area contributed by atoms with Gasteiger partial charge in [0, 0.05) is 43.8 Å². The zero-order chi connectivity index (χ0) is 19.3. The summed E-state index contributed by atoms with van der Waals surface area (Å²) in [5.41, 5.74) is 4.95. The second-order valence-corrected chi connectivity index (χ2v) is 7.19. The molecule has 2 heterocycles. The Labute approximate surface area is 167 Å². The summed E-state index contributed by atoms with van der Waals surface area (Å²) in [6.07, 6.45) is 2.82. The van der Waals surface area contributed by atoms with Crippen LogP contribution in [-0.4, -0.2) is 36.1 Å². The molecule has 5 heteroatoms. The molecule has 28 heavy (non-hydrogen) atoms. The highest BCUT2D eigenvalue weighted by molar-refractivity contribution is 5.60. The van der Waals surface area contributed by atoms with Gasteiger partial charge >= 0.3 is 0 Å². The fraction of sp³-hybridized carbons (Fsp3) is 0.304. The van der Waals surface area contributed by atoms with Gasteiger partial charge in [0.15, 0.2) is 0 Å². The van der Waals surface area contributed by atoms with Crippen molar-refractivity contribution in [3.63, 3.8) is 0 Å². The molecule has 1 saturated heterocycles. The van der Waals surface area contributed by atoms with E-state index in [0.29, 0.717) is 5.95 Å². The van der Waals surface area contributed by atoms with Gasteiger partial charge in [-0.1, -0.05) is 37.3 Å². The van der Waals surface area contributed by atoms with Crippen molar-refractivity contribution in [2.24, 2.45) is 0 Å². The lowest BCUT2D eigenvalue weighted by Crippen LogP contribution is -2.46. The van der Waals surface area contributed by atoms with Crippen LogP contribution >= 0.6 is 0 Å². The molecule has 0 bridgehead atoms. The Morgan fingerprint density at radius 3 is 2.50 bits per heavy atom. The van der Waals surface area contributed by atoms with E-state index in [1.165, 1.54) is 16.8 Å². The van der Waals surface area contributed by atoms with E-state index < -0.39 is 0 Å². The van der Waals surface area contributed by atoms with Crippen LogP contribution in [0.3, 0.4) is 0 Å². The number of piperazine rings is 1. The van der Waals surface area contributed by atoms with Gasteiger partial charge in [-0.2, -0.15) is 4.98 Å². The fourth-order valence-electron chi connectivity index (χ4n) is 3.67. The van der Waals surface area contributed by atoms with Gasteiger partial charge < -0.3 is 15.1 Å². The zero-order valence-electron chi connectivity index (χ0n) is 16.6. The molecular weight excluding hydrogens is 346 g/mol. The zero-order valence-corrected chi connectivity index (χ0v) is 16.6. The Morgan fingerprint density at radius 1 is 0.929 bits per heavy atom. The van der Waals surface area contributed by atoms with Crippen LogP contribution in [0.2, 0.25) is 0 Å². The number of anilines is 4. The van der Waals surface area contributed by atoms with Gasteiger partial charge in [-0.3, -0.25) is 0 Å². The first-order chi connectivity index (χ1) is 13.7. The Hall–Kier alpha value is -3.08. The fourth-order valence-corrected chi connectivity index (χ4v) is 3.67. The highest BCUT2D eigenvalue weighted by Gasteiger charge is 2.19. The minimum atomic E-state index is 0.652. The van der Waals surface area contributed by atoms with E-state index >= 15 is 0 Å². The Kier molecular flexibility index (Phi) is 5.42. The van der Waals surface area contributed by atoms with Crippen LogP contribution in [0.5, 0.6) is 0 Å². The molecule has 0 saturated carbocycles. The average molecular weight is 374 g/mol. The normalized spacial score (nSPS) is 14.2. The van der Waals surface area contributed by atoms with Crippen molar-refractivity contribution in [2.75, 3.05) is 41.3 Å². The summed E-state index contributed by atoms with van der Waals surface area (Å²) in [7, 11) is 0. The summed E-state index contributed by atoms with van der Waals surface area (Å²) < 4.78 is 0. The van der Waals surface area contributed by atoms with Gasteiger partial charge in [0.1, 0.15) is 5.82 Å². The maximum atomic E-state index is 4.76. The standard InChI is InChI=1S/C23H27N5/c1-3-19-8-4-5-10-21(19)25-23-24-12-11-22(26-23)28-15-13-27(14-16-28)20-9-6-7-18(2)17-20/h4-12,17H,3,13-16H2,1-2H3,(H,24,25,26). The van der Waals surface area contributed by atoms with Gasteiger partial charge in [0.25, 0.3) is 0 Å². The average Bonchev–Trinajstić information content (AvgIpc) is 2.74. The van der Waals surface area contributed by atoms with E-state index in [0.717, 1.165) is 44.1 Å². The first-order valence-electron chi connectivity index (χ1n) is 9.97. The number of benzene rings is 2. The lowest BCUT2D eigenvalue weighted by atomic mass is 10.1. The Bertz CT molecular complexity index is 932. The van der Waals surface area contributed by atoms with Crippen LogP contribution in [0, 0.1) is 6.92 Å². The molecule has 0 amide bonds. The summed E-state index contributed by atoms with van der Waals surface area (Å²) in [5, 5.41) is 3.38. The molecular formula is C23H27N5. The molecule has 1 aliphatic heterocycles. The topological polar surface area (TPSA) is 44.3 Å². The number of aryl methyl sites for hydroxylation is 2. The van der Waals surface area contributed by atoms with Crippen molar-refractivity contribution in [3.05, 3.63) is 71.9 Å². The number of aromatic nitrogens is 2. The van der Waals surface area contributed by atoms with Crippen LogP contribution in [0.15, 0.2) is 60.8 Å². The molecule has 1 aromatic heterocycles. The molecule has 1 N–H and O–H groups in total. The summed E-state index contributed by atoms with van der Waals surface area (Å²) >= 11 is 0. The van der Waals surface area contributed by atoms with Crippen LogP contribution < -0.4 is 15.1 Å². The number of nitrogens with zero attached hydrogens (tertiary/aromatic N) is 4. The first-order valence-corrected chi connectivity index (χ1v) is 9.97. The predicted octanol–water partition coefficient (Wildman–Crippen LogP) is 4.42. The number of hydrogen-bond donors (Lipinski definition) is 1. The third-order valence-corrected chi connectivity index (χ3v) is 5.26. The Morgan fingerprint density at radius 2 is 1.71 bits per heavy atom. The third-order valence-electron chi connectivity index (χ3n) is 5.26. The van der Waals surface area contributed by atoms with E-state index in [9.17, 15) is 0 Å². The van der Waals surface area contributed by atoms with Crippen molar-refractivity contribution in [2.45, 2.75) is 20.3 Å². The quantitative estimate of drug-likeness (QED) is 0.717. The smallest absolute Gasteiger partial charge is 0.229 e. The van der Waals surface area contributed by atoms with Crippen LogP contribution in [-0.2, 0) is 6.42 Å². The van der Waals surface area contributed by atoms with E-state index in [1.54, 1.807) is 0 Å².